The maximum atomic E-state index is 13.1. The molecule has 148 valence electrons. The second-order valence-corrected chi connectivity index (χ2v) is 7.27. The summed E-state index contributed by atoms with van der Waals surface area (Å²) in [6.07, 6.45) is 3.04. The molecule has 4 nitrogen and oxygen atoms in total. The monoisotopic (exact) mass is 415 g/mol. The highest BCUT2D eigenvalue weighted by molar-refractivity contribution is 6.30. The molecule has 4 rings (SSSR count). The molecule has 0 saturated carbocycles. The van der Waals surface area contributed by atoms with Gasteiger partial charge in [0.25, 0.3) is 5.91 Å². The molecule has 1 amide bonds. The van der Waals surface area contributed by atoms with Crippen molar-refractivity contribution in [2.45, 2.75) is 6.04 Å². The maximum Gasteiger partial charge on any atom is 0.294 e. The van der Waals surface area contributed by atoms with Gasteiger partial charge in [-0.05, 0) is 41.5 Å². The summed E-state index contributed by atoms with van der Waals surface area (Å²) in [6, 6.07) is 24.5. The molecule has 0 bridgehead atoms. The minimum atomic E-state index is -0.759. The van der Waals surface area contributed by atoms with Crippen LogP contribution in [0.1, 0.15) is 17.2 Å². The molecule has 0 aromatic heterocycles. The zero-order chi connectivity index (χ0) is 21.1. The molecule has 1 heterocycles. The highest BCUT2D eigenvalue weighted by Crippen LogP contribution is 2.41. The first-order valence-corrected chi connectivity index (χ1v) is 9.78. The van der Waals surface area contributed by atoms with E-state index in [1.165, 1.54) is 11.0 Å². The molecule has 1 aliphatic heterocycles. The Bertz CT molecular complexity index is 1140. The van der Waals surface area contributed by atoms with Crippen LogP contribution in [0, 0.1) is 0 Å². The van der Waals surface area contributed by atoms with Crippen molar-refractivity contribution in [3.63, 3.8) is 0 Å². The lowest BCUT2D eigenvalue weighted by Gasteiger charge is -2.26. The lowest BCUT2D eigenvalue weighted by molar-refractivity contribution is -0.117. The van der Waals surface area contributed by atoms with Crippen LogP contribution in [0.25, 0.3) is 6.08 Å². The Kier molecular flexibility index (Phi) is 5.50. The number of rotatable bonds is 5. The summed E-state index contributed by atoms with van der Waals surface area (Å²) in [7, 11) is 0. The van der Waals surface area contributed by atoms with Crippen molar-refractivity contribution in [3.8, 4) is 0 Å². The average Bonchev–Trinajstić information content (AvgIpc) is 3.04. The first-order valence-electron chi connectivity index (χ1n) is 9.41. The minimum absolute atomic E-state index is 0.0401. The number of benzene rings is 3. The third kappa shape index (κ3) is 3.78. The highest BCUT2D eigenvalue weighted by atomic mass is 35.5. The fourth-order valence-electron chi connectivity index (χ4n) is 3.50. The third-order valence-corrected chi connectivity index (χ3v) is 5.17. The van der Waals surface area contributed by atoms with E-state index < -0.39 is 23.5 Å². The predicted molar refractivity (Wildman–Crippen MR) is 118 cm³/mol. The van der Waals surface area contributed by atoms with Crippen LogP contribution < -0.4 is 4.90 Å². The van der Waals surface area contributed by atoms with E-state index in [2.05, 4.69) is 0 Å². The molecule has 0 saturated heterocycles. The third-order valence-electron chi connectivity index (χ3n) is 4.92. The number of hydrogen-bond acceptors (Lipinski definition) is 3. The van der Waals surface area contributed by atoms with Crippen molar-refractivity contribution in [3.05, 3.63) is 118 Å². The summed E-state index contributed by atoms with van der Waals surface area (Å²) in [5.74, 6) is -1.58. The summed E-state index contributed by atoms with van der Waals surface area (Å²) < 4.78 is 0. The molecule has 0 spiro atoms. The van der Waals surface area contributed by atoms with Crippen molar-refractivity contribution in [2.24, 2.45) is 0 Å². The number of aliphatic hydroxyl groups is 1. The topological polar surface area (TPSA) is 57.6 Å². The number of anilines is 1. The summed E-state index contributed by atoms with van der Waals surface area (Å²) in [5.41, 5.74) is 2.15. The number of allylic oxidation sites excluding steroid dienone is 1. The molecule has 0 fully saturated rings. The average molecular weight is 416 g/mol. The number of amides is 1. The minimum Gasteiger partial charge on any atom is -0.503 e. The highest BCUT2D eigenvalue weighted by Gasteiger charge is 2.43. The van der Waals surface area contributed by atoms with Gasteiger partial charge in [0.05, 0.1) is 11.6 Å². The summed E-state index contributed by atoms with van der Waals surface area (Å²) in [6.45, 7) is 0. The van der Waals surface area contributed by atoms with Crippen LogP contribution in [0.15, 0.2) is 102 Å². The van der Waals surface area contributed by atoms with Crippen molar-refractivity contribution < 1.29 is 14.7 Å². The summed E-state index contributed by atoms with van der Waals surface area (Å²) in [4.78, 5) is 27.5. The number of nitrogens with zero attached hydrogens (tertiary/aromatic N) is 1. The van der Waals surface area contributed by atoms with Crippen molar-refractivity contribution in [2.75, 3.05) is 4.90 Å². The standard InChI is InChI=1S/C25H18ClNO3/c26-19-14-12-18(13-15-19)23-22(21(28)16-11-17-7-3-1-4-8-17)24(29)25(30)27(23)20-9-5-2-6-10-20/h1-16,23,29H/b16-11+/t23-/m1/s1. The molecule has 1 atom stereocenters. The fourth-order valence-corrected chi connectivity index (χ4v) is 3.62. The van der Waals surface area contributed by atoms with Gasteiger partial charge in [-0.25, -0.2) is 0 Å². The molecule has 3 aromatic carbocycles. The van der Waals surface area contributed by atoms with Gasteiger partial charge in [0, 0.05) is 10.7 Å². The van der Waals surface area contributed by atoms with Gasteiger partial charge in [-0.2, -0.15) is 0 Å². The quantitative estimate of drug-likeness (QED) is 0.558. The molecule has 0 unspecified atom stereocenters. The van der Waals surface area contributed by atoms with Crippen molar-refractivity contribution in [1.29, 1.82) is 0 Å². The largest absolute Gasteiger partial charge is 0.503 e. The second kappa shape index (κ2) is 8.39. The predicted octanol–water partition coefficient (Wildman–Crippen LogP) is 5.52. The molecule has 0 radical (unpaired) electrons. The van der Waals surface area contributed by atoms with Gasteiger partial charge in [0.1, 0.15) is 0 Å². The number of aliphatic hydroxyl groups excluding tert-OH is 1. The van der Waals surface area contributed by atoms with E-state index in [1.807, 2.05) is 36.4 Å². The molecule has 30 heavy (non-hydrogen) atoms. The van der Waals surface area contributed by atoms with Crippen LogP contribution in [0.5, 0.6) is 0 Å². The van der Waals surface area contributed by atoms with Gasteiger partial charge in [-0.1, -0.05) is 78.3 Å². The van der Waals surface area contributed by atoms with Gasteiger partial charge in [-0.15, -0.1) is 0 Å². The summed E-state index contributed by atoms with van der Waals surface area (Å²) in [5, 5.41) is 11.2. The number of halogens is 1. The fraction of sp³-hybridized carbons (Fsp3) is 0.0400. The van der Waals surface area contributed by atoms with Gasteiger partial charge in [0.2, 0.25) is 0 Å². The number of hydrogen-bond donors (Lipinski definition) is 1. The number of para-hydroxylation sites is 1. The molecule has 5 heteroatoms. The van der Waals surface area contributed by atoms with Crippen LogP contribution in [0.2, 0.25) is 5.02 Å². The Morgan fingerprint density at radius 2 is 1.50 bits per heavy atom. The van der Waals surface area contributed by atoms with Crippen molar-refractivity contribution >= 4 is 35.1 Å². The second-order valence-electron chi connectivity index (χ2n) is 6.84. The zero-order valence-corrected chi connectivity index (χ0v) is 16.7. The molecule has 0 aliphatic carbocycles. The van der Waals surface area contributed by atoms with Crippen molar-refractivity contribution in [1.82, 2.24) is 0 Å². The number of carbonyl (C=O) groups is 2. The number of carbonyl (C=O) groups excluding carboxylic acids is 2. The van der Waals surface area contributed by atoms with Crippen LogP contribution in [0.4, 0.5) is 5.69 Å². The van der Waals surface area contributed by atoms with Crippen LogP contribution in [-0.2, 0) is 9.59 Å². The van der Waals surface area contributed by atoms with E-state index in [0.717, 1.165) is 5.56 Å². The van der Waals surface area contributed by atoms with Crippen LogP contribution in [0.3, 0.4) is 0 Å². The van der Waals surface area contributed by atoms with E-state index in [4.69, 9.17) is 11.6 Å². The lowest BCUT2D eigenvalue weighted by atomic mass is 9.95. The molecule has 3 aromatic rings. The van der Waals surface area contributed by atoms with Crippen LogP contribution in [-0.4, -0.2) is 16.8 Å². The van der Waals surface area contributed by atoms with Crippen LogP contribution >= 0.6 is 11.6 Å². The van der Waals surface area contributed by atoms with E-state index in [-0.39, 0.29) is 5.57 Å². The van der Waals surface area contributed by atoms with E-state index in [0.29, 0.717) is 16.3 Å². The van der Waals surface area contributed by atoms with Gasteiger partial charge < -0.3 is 5.11 Å². The SMILES string of the molecule is O=C(/C=C/c1ccccc1)C1=C(O)C(=O)N(c2ccccc2)[C@@H]1c1ccc(Cl)cc1. The molecule has 1 N–H and O–H groups in total. The molecular weight excluding hydrogens is 398 g/mol. The Morgan fingerprint density at radius 1 is 0.900 bits per heavy atom. The Balaban J connectivity index is 1.78. The lowest BCUT2D eigenvalue weighted by Crippen LogP contribution is -2.30. The van der Waals surface area contributed by atoms with Gasteiger partial charge in [-0.3, -0.25) is 14.5 Å². The Labute approximate surface area is 179 Å². The summed E-state index contributed by atoms with van der Waals surface area (Å²) >= 11 is 6.03. The van der Waals surface area contributed by atoms with Gasteiger partial charge in [0.15, 0.2) is 11.5 Å². The molecular formula is C25H18ClNO3. The first kappa shape index (κ1) is 19.7. The first-order chi connectivity index (χ1) is 14.6. The Morgan fingerprint density at radius 3 is 2.13 bits per heavy atom. The van der Waals surface area contributed by atoms with E-state index in [9.17, 15) is 14.7 Å². The zero-order valence-electron chi connectivity index (χ0n) is 15.9. The molecule has 1 aliphatic rings. The number of ketones is 1. The maximum absolute atomic E-state index is 13.1. The Hall–Kier alpha value is -3.63. The van der Waals surface area contributed by atoms with E-state index in [1.54, 1.807) is 54.6 Å². The van der Waals surface area contributed by atoms with E-state index >= 15 is 0 Å². The normalized spacial score (nSPS) is 16.5. The smallest absolute Gasteiger partial charge is 0.294 e. The van der Waals surface area contributed by atoms with Gasteiger partial charge >= 0.3 is 0 Å².